The maximum absolute atomic E-state index is 13.0. The Morgan fingerprint density at radius 1 is 0.875 bits per heavy atom. The number of benzene rings is 3. The summed E-state index contributed by atoms with van der Waals surface area (Å²) in [5.41, 5.74) is 1.98. The number of unbranched alkanes of at least 4 members (excludes halogenated alkanes) is 1. The van der Waals surface area contributed by atoms with Crippen LogP contribution in [0.15, 0.2) is 78.9 Å². The molecule has 3 aromatic carbocycles. The van der Waals surface area contributed by atoms with E-state index in [4.69, 9.17) is 9.84 Å². The van der Waals surface area contributed by atoms with Crippen LogP contribution in [0, 0.1) is 5.92 Å². The minimum atomic E-state index is -0.965. The fourth-order valence-electron chi connectivity index (χ4n) is 4.40. The minimum Gasteiger partial charge on any atom is -0.481 e. The van der Waals surface area contributed by atoms with E-state index >= 15 is 0 Å². The van der Waals surface area contributed by atoms with E-state index in [2.05, 4.69) is 29.8 Å². The highest BCUT2D eigenvalue weighted by Gasteiger charge is 2.20. The number of hydrogen-bond acceptors (Lipinski definition) is 4. The number of hydrogen-bond donors (Lipinski definition) is 4. The second-order valence-electron chi connectivity index (χ2n) is 9.76. The van der Waals surface area contributed by atoms with Gasteiger partial charge in [0.1, 0.15) is 11.5 Å². The molecule has 3 amide bonds. The molecule has 3 rings (SSSR count). The van der Waals surface area contributed by atoms with Crippen LogP contribution in [0.3, 0.4) is 0 Å². The van der Waals surface area contributed by atoms with Crippen LogP contribution in [-0.2, 0) is 4.79 Å². The number of anilines is 1. The summed E-state index contributed by atoms with van der Waals surface area (Å²) < 4.78 is 5.82. The average Bonchev–Trinajstić information content (AvgIpc) is 2.96. The lowest BCUT2D eigenvalue weighted by Gasteiger charge is -2.25. The van der Waals surface area contributed by atoms with Crippen molar-refractivity contribution < 1.29 is 24.2 Å². The van der Waals surface area contributed by atoms with Crippen molar-refractivity contribution in [2.24, 2.45) is 5.92 Å². The highest BCUT2D eigenvalue weighted by Crippen LogP contribution is 2.28. The van der Waals surface area contributed by atoms with Gasteiger partial charge in [-0.25, -0.2) is 4.79 Å². The number of para-hydroxylation sites is 1. The predicted octanol–water partition coefficient (Wildman–Crippen LogP) is 7.15. The Morgan fingerprint density at radius 3 is 2.17 bits per heavy atom. The Labute approximate surface area is 236 Å². The fourth-order valence-corrected chi connectivity index (χ4v) is 4.40. The number of carboxylic acids is 1. The van der Waals surface area contributed by atoms with Gasteiger partial charge in [-0.05, 0) is 66.4 Å². The molecule has 0 fully saturated rings. The van der Waals surface area contributed by atoms with Crippen LogP contribution in [-0.4, -0.2) is 29.6 Å². The first kappa shape index (κ1) is 30.2. The molecule has 40 heavy (non-hydrogen) atoms. The molecule has 0 aliphatic carbocycles. The molecule has 2 unspecified atom stereocenters. The Balaban J connectivity index is 1.66. The molecular weight excluding hydrogens is 506 g/mol. The van der Waals surface area contributed by atoms with Crippen molar-refractivity contribution in [3.63, 3.8) is 0 Å². The molecular formula is C32H39N3O5. The number of amides is 3. The van der Waals surface area contributed by atoms with Gasteiger partial charge in [-0.1, -0.05) is 69.9 Å². The fraction of sp³-hybridized carbons (Fsp3) is 0.344. The van der Waals surface area contributed by atoms with Gasteiger partial charge in [0.25, 0.3) is 5.91 Å². The summed E-state index contributed by atoms with van der Waals surface area (Å²) in [6.07, 6.45) is 4.98. The lowest BCUT2D eigenvalue weighted by molar-refractivity contribution is -0.136. The number of rotatable bonds is 15. The first-order valence-electron chi connectivity index (χ1n) is 13.9. The van der Waals surface area contributed by atoms with Crippen LogP contribution in [0.5, 0.6) is 11.5 Å². The summed E-state index contributed by atoms with van der Waals surface area (Å²) in [6, 6.07) is 23.2. The summed E-state index contributed by atoms with van der Waals surface area (Å²) in [7, 11) is 0. The van der Waals surface area contributed by atoms with Crippen molar-refractivity contribution >= 4 is 23.6 Å². The molecule has 0 aliphatic rings. The van der Waals surface area contributed by atoms with E-state index in [-0.39, 0.29) is 30.9 Å². The number of carboxylic acid groups (broad SMARTS) is 1. The average molecular weight is 546 g/mol. The zero-order valence-electron chi connectivity index (χ0n) is 23.2. The topological polar surface area (TPSA) is 117 Å². The minimum absolute atomic E-state index is 0.0647. The van der Waals surface area contributed by atoms with E-state index in [1.807, 2.05) is 42.5 Å². The number of aliphatic carboxylic acids is 1. The van der Waals surface area contributed by atoms with Gasteiger partial charge in [-0.2, -0.15) is 0 Å². The van der Waals surface area contributed by atoms with Gasteiger partial charge < -0.3 is 25.8 Å². The van der Waals surface area contributed by atoms with Gasteiger partial charge >= 0.3 is 12.0 Å². The van der Waals surface area contributed by atoms with E-state index in [1.165, 1.54) is 0 Å². The monoisotopic (exact) mass is 545 g/mol. The van der Waals surface area contributed by atoms with Crippen molar-refractivity contribution in [2.45, 2.75) is 58.4 Å². The molecule has 8 heteroatoms. The summed E-state index contributed by atoms with van der Waals surface area (Å²) >= 11 is 0. The third kappa shape index (κ3) is 10.1. The second kappa shape index (κ2) is 15.9. The molecule has 0 radical (unpaired) electrons. The standard InChI is InChI=1S/C32H39N3O5/c1-3-5-9-23(4-2)22-29(24-12-14-25(15-13-24)31(38)33-21-20-30(36)37)35-32(39)34-26-16-18-28(19-17-26)40-27-10-7-6-8-11-27/h6-8,10-19,23,29H,3-5,9,20-22H2,1-2H3,(H,33,38)(H,36,37)(H2,34,35,39). The number of ether oxygens (including phenoxy) is 1. The third-order valence-corrected chi connectivity index (χ3v) is 6.71. The number of carbonyl (C=O) groups is 3. The molecule has 0 saturated carbocycles. The molecule has 3 aromatic rings. The third-order valence-electron chi connectivity index (χ3n) is 6.71. The Morgan fingerprint density at radius 2 is 1.55 bits per heavy atom. The van der Waals surface area contributed by atoms with Gasteiger partial charge in [0.15, 0.2) is 0 Å². The Kier molecular flexibility index (Phi) is 12.0. The molecule has 0 heterocycles. The van der Waals surface area contributed by atoms with Crippen molar-refractivity contribution in [2.75, 3.05) is 11.9 Å². The first-order valence-corrected chi connectivity index (χ1v) is 13.9. The van der Waals surface area contributed by atoms with E-state index in [0.29, 0.717) is 22.9 Å². The zero-order valence-corrected chi connectivity index (χ0v) is 23.2. The number of carbonyl (C=O) groups excluding carboxylic acids is 2. The van der Waals surface area contributed by atoms with Crippen LogP contribution < -0.4 is 20.7 Å². The van der Waals surface area contributed by atoms with Crippen molar-refractivity contribution in [1.29, 1.82) is 0 Å². The molecule has 212 valence electrons. The van der Waals surface area contributed by atoms with E-state index in [0.717, 1.165) is 43.4 Å². The van der Waals surface area contributed by atoms with Gasteiger partial charge in [-0.3, -0.25) is 9.59 Å². The van der Waals surface area contributed by atoms with Gasteiger partial charge in [0, 0.05) is 17.8 Å². The normalized spacial score (nSPS) is 12.2. The van der Waals surface area contributed by atoms with Crippen molar-refractivity contribution in [1.82, 2.24) is 10.6 Å². The highest BCUT2D eigenvalue weighted by molar-refractivity contribution is 5.94. The zero-order chi connectivity index (χ0) is 28.7. The predicted molar refractivity (Wildman–Crippen MR) is 157 cm³/mol. The largest absolute Gasteiger partial charge is 0.481 e. The van der Waals surface area contributed by atoms with E-state index < -0.39 is 5.97 Å². The Hall–Kier alpha value is -4.33. The van der Waals surface area contributed by atoms with Crippen LogP contribution >= 0.6 is 0 Å². The van der Waals surface area contributed by atoms with Gasteiger partial charge in [0.05, 0.1) is 12.5 Å². The number of nitrogens with one attached hydrogen (secondary N) is 3. The molecule has 0 aromatic heterocycles. The second-order valence-corrected chi connectivity index (χ2v) is 9.76. The molecule has 2 atom stereocenters. The maximum atomic E-state index is 13.0. The lowest BCUT2D eigenvalue weighted by Crippen LogP contribution is -2.33. The quantitative estimate of drug-likeness (QED) is 0.162. The van der Waals surface area contributed by atoms with Crippen LogP contribution in [0.2, 0.25) is 0 Å². The van der Waals surface area contributed by atoms with Crippen LogP contribution in [0.25, 0.3) is 0 Å². The van der Waals surface area contributed by atoms with Crippen LogP contribution in [0.1, 0.15) is 74.3 Å². The van der Waals surface area contributed by atoms with Crippen molar-refractivity contribution in [3.05, 3.63) is 90.0 Å². The molecule has 0 bridgehead atoms. The SMILES string of the molecule is CCCCC(CC)CC(NC(=O)Nc1ccc(Oc2ccccc2)cc1)c1ccc(C(=O)NCCC(=O)O)cc1. The maximum Gasteiger partial charge on any atom is 0.319 e. The molecule has 0 spiro atoms. The molecule has 0 saturated heterocycles. The smallest absolute Gasteiger partial charge is 0.319 e. The van der Waals surface area contributed by atoms with Crippen LogP contribution in [0.4, 0.5) is 10.5 Å². The molecule has 0 aliphatic heterocycles. The van der Waals surface area contributed by atoms with E-state index in [1.54, 1.807) is 36.4 Å². The van der Waals surface area contributed by atoms with Gasteiger partial charge in [0.2, 0.25) is 0 Å². The summed E-state index contributed by atoms with van der Waals surface area (Å²) in [4.78, 5) is 36.1. The highest BCUT2D eigenvalue weighted by atomic mass is 16.5. The van der Waals surface area contributed by atoms with E-state index in [9.17, 15) is 14.4 Å². The summed E-state index contributed by atoms with van der Waals surface area (Å²) in [6.45, 7) is 4.41. The first-order chi connectivity index (χ1) is 19.4. The molecule has 4 N–H and O–H groups in total. The molecule has 8 nitrogen and oxygen atoms in total. The van der Waals surface area contributed by atoms with Crippen molar-refractivity contribution in [3.8, 4) is 11.5 Å². The number of urea groups is 1. The van der Waals surface area contributed by atoms with Gasteiger partial charge in [-0.15, -0.1) is 0 Å². The lowest BCUT2D eigenvalue weighted by atomic mass is 9.89. The Bertz CT molecular complexity index is 1210. The summed E-state index contributed by atoms with van der Waals surface area (Å²) in [5, 5.41) is 17.4. The summed E-state index contributed by atoms with van der Waals surface area (Å²) in [5.74, 6) is 0.556.